The fraction of sp³-hybridized carbons (Fsp3) is 0.583. The zero-order chi connectivity index (χ0) is 20.1. The first-order chi connectivity index (χ1) is 12.6. The van der Waals surface area contributed by atoms with Crippen LogP contribution in [0.5, 0.6) is 0 Å². The monoisotopic (exact) mass is 367 g/mol. The highest BCUT2D eigenvalue weighted by Crippen LogP contribution is 2.24. The first-order valence-corrected chi connectivity index (χ1v) is 10.4. The molecule has 0 unspecified atom stereocenters. The molecule has 1 aliphatic rings. The lowest BCUT2D eigenvalue weighted by Gasteiger charge is -2.16. The van der Waals surface area contributed by atoms with E-state index in [9.17, 15) is 0 Å². The van der Waals surface area contributed by atoms with Gasteiger partial charge in [0.15, 0.2) is 0 Å². The van der Waals surface area contributed by atoms with Gasteiger partial charge in [0.05, 0.1) is 11.1 Å². The van der Waals surface area contributed by atoms with Gasteiger partial charge in [0.1, 0.15) is 11.7 Å². The van der Waals surface area contributed by atoms with Crippen LogP contribution in [-0.4, -0.2) is 22.7 Å². The van der Waals surface area contributed by atoms with Crippen LogP contribution >= 0.6 is 0 Å². The second-order valence-corrected chi connectivity index (χ2v) is 9.49. The Morgan fingerprint density at radius 2 is 1.44 bits per heavy atom. The average Bonchev–Trinajstić information content (AvgIpc) is 2.90. The number of nitrogens with zero attached hydrogens (tertiary/aromatic N) is 2. The molecule has 148 valence electrons. The van der Waals surface area contributed by atoms with Crippen molar-refractivity contribution in [3.8, 4) is 0 Å². The molecule has 0 spiro atoms. The maximum Gasteiger partial charge on any atom is 0.135 e. The molecule has 0 amide bonds. The summed E-state index contributed by atoms with van der Waals surface area (Å²) in [6.45, 7) is 15.0. The summed E-state index contributed by atoms with van der Waals surface area (Å²) in [5, 5.41) is 3.42. The molecule has 0 saturated heterocycles. The van der Waals surface area contributed by atoms with Crippen molar-refractivity contribution in [1.82, 2.24) is 5.32 Å². The minimum Gasteiger partial charge on any atom is -0.325 e. The Morgan fingerprint density at radius 1 is 0.815 bits per heavy atom. The molecule has 1 N–H and O–H groups in total. The molecule has 0 atom stereocenters. The molecule has 0 fully saturated rings. The van der Waals surface area contributed by atoms with Gasteiger partial charge in [-0.05, 0) is 71.6 Å². The number of aliphatic imine (C=N–C) groups is 2. The Bertz CT molecular complexity index is 707. The number of amidine groups is 2. The van der Waals surface area contributed by atoms with Gasteiger partial charge in [0.2, 0.25) is 0 Å². The Hall–Kier alpha value is -1.90. The van der Waals surface area contributed by atoms with Gasteiger partial charge in [-0.2, -0.15) is 0 Å². The third kappa shape index (κ3) is 7.32. The minimum absolute atomic E-state index is 0.122. The van der Waals surface area contributed by atoms with Crippen LogP contribution in [0.3, 0.4) is 0 Å². The van der Waals surface area contributed by atoms with Crippen LogP contribution in [-0.2, 0) is 6.42 Å². The lowest BCUT2D eigenvalue weighted by molar-refractivity contribution is 0.580. The number of benzene rings is 1. The number of rotatable bonds is 6. The maximum absolute atomic E-state index is 4.90. The molecule has 2 rings (SSSR count). The zero-order valence-corrected chi connectivity index (χ0v) is 18.3. The highest BCUT2D eigenvalue weighted by atomic mass is 15.1. The largest absolute Gasteiger partial charge is 0.325 e. The Balaban J connectivity index is 2.24. The third-order valence-electron chi connectivity index (χ3n) is 4.27. The van der Waals surface area contributed by atoms with Crippen LogP contribution in [0.1, 0.15) is 85.3 Å². The molecule has 27 heavy (non-hydrogen) atoms. The van der Waals surface area contributed by atoms with Gasteiger partial charge in [0, 0.05) is 5.57 Å². The zero-order valence-electron chi connectivity index (χ0n) is 18.3. The highest BCUT2D eigenvalue weighted by Gasteiger charge is 2.23. The molecule has 1 aromatic carbocycles. The summed E-state index contributed by atoms with van der Waals surface area (Å²) >= 11 is 0. The second-order valence-electron chi connectivity index (χ2n) is 9.49. The van der Waals surface area contributed by atoms with Crippen LogP contribution in [0.2, 0.25) is 0 Å². The minimum atomic E-state index is -0.141. The van der Waals surface area contributed by atoms with E-state index in [2.05, 4.69) is 84.1 Å². The number of hydrogen-bond acceptors (Lipinski definition) is 2. The van der Waals surface area contributed by atoms with E-state index in [-0.39, 0.29) is 11.1 Å². The molecule has 0 aromatic heterocycles. The van der Waals surface area contributed by atoms with E-state index < -0.39 is 0 Å². The van der Waals surface area contributed by atoms with Gasteiger partial charge in [-0.15, -0.1) is 0 Å². The van der Waals surface area contributed by atoms with Crippen LogP contribution in [0.4, 0.5) is 0 Å². The Kier molecular flexibility index (Phi) is 7.02. The lowest BCUT2D eigenvalue weighted by Crippen LogP contribution is -2.28. The molecule has 1 heterocycles. The summed E-state index contributed by atoms with van der Waals surface area (Å²) in [4.78, 5) is 9.68. The quantitative estimate of drug-likeness (QED) is 0.598. The van der Waals surface area contributed by atoms with Gasteiger partial charge >= 0.3 is 0 Å². The Morgan fingerprint density at radius 3 is 2.00 bits per heavy atom. The first kappa shape index (κ1) is 21.4. The van der Waals surface area contributed by atoms with E-state index in [1.54, 1.807) is 0 Å². The maximum atomic E-state index is 4.90. The highest BCUT2D eigenvalue weighted by molar-refractivity contribution is 6.36. The Labute approximate surface area is 166 Å². The summed E-state index contributed by atoms with van der Waals surface area (Å²) < 4.78 is 0. The second kappa shape index (κ2) is 8.86. The van der Waals surface area contributed by atoms with E-state index in [0.29, 0.717) is 0 Å². The van der Waals surface area contributed by atoms with Crippen molar-refractivity contribution in [3.05, 3.63) is 41.5 Å². The topological polar surface area (TPSA) is 36.8 Å². The molecule has 1 aromatic rings. The van der Waals surface area contributed by atoms with Crippen molar-refractivity contribution in [2.75, 3.05) is 0 Å². The smallest absolute Gasteiger partial charge is 0.135 e. The summed E-state index contributed by atoms with van der Waals surface area (Å²) in [7, 11) is 0. The van der Waals surface area contributed by atoms with E-state index in [4.69, 9.17) is 9.98 Å². The fourth-order valence-corrected chi connectivity index (χ4v) is 3.10. The van der Waals surface area contributed by atoms with E-state index in [1.165, 1.54) is 36.8 Å². The van der Waals surface area contributed by atoms with Crippen molar-refractivity contribution >= 4 is 17.2 Å². The molecule has 3 nitrogen and oxygen atoms in total. The molecule has 0 aliphatic carbocycles. The van der Waals surface area contributed by atoms with Crippen molar-refractivity contribution in [2.45, 2.75) is 91.6 Å². The van der Waals surface area contributed by atoms with Gasteiger partial charge < -0.3 is 5.32 Å². The number of unbranched alkanes of at least 4 members (excludes halogenated alkanes) is 3. The average molecular weight is 368 g/mol. The number of aryl methyl sites for hydroxylation is 1. The number of hydrogen-bond donors (Lipinski definition) is 1. The van der Waals surface area contributed by atoms with E-state index >= 15 is 0 Å². The fourth-order valence-electron chi connectivity index (χ4n) is 3.10. The standard InChI is InChI=1S/C24H37N3/c1-8-9-10-11-12-18-13-15-19(16-14-18)20-17-21(26-23(2,3)4)25-22(20)27-24(5,6)7/h13-17H,8-12H2,1-7H3,(H,25,26,27). The predicted molar refractivity (Wildman–Crippen MR) is 120 cm³/mol. The molecule has 0 bridgehead atoms. The molecule has 3 heteroatoms. The summed E-state index contributed by atoms with van der Waals surface area (Å²) in [5.41, 5.74) is 3.48. The van der Waals surface area contributed by atoms with Gasteiger partial charge in [0.25, 0.3) is 0 Å². The molecule has 0 radical (unpaired) electrons. The molecular weight excluding hydrogens is 330 g/mol. The normalized spacial score (nSPS) is 18.1. The predicted octanol–water partition coefficient (Wildman–Crippen LogP) is 6.19. The van der Waals surface area contributed by atoms with E-state index in [0.717, 1.165) is 23.7 Å². The van der Waals surface area contributed by atoms with Crippen molar-refractivity contribution < 1.29 is 0 Å². The molecular formula is C24H37N3. The van der Waals surface area contributed by atoms with Gasteiger partial charge in [-0.25, -0.2) is 0 Å². The van der Waals surface area contributed by atoms with Crippen LogP contribution < -0.4 is 5.32 Å². The first-order valence-electron chi connectivity index (χ1n) is 10.4. The third-order valence-corrected chi connectivity index (χ3v) is 4.27. The van der Waals surface area contributed by atoms with E-state index in [1.807, 2.05) is 0 Å². The van der Waals surface area contributed by atoms with Crippen molar-refractivity contribution in [1.29, 1.82) is 0 Å². The van der Waals surface area contributed by atoms with Gasteiger partial charge in [-0.1, -0.05) is 50.5 Å². The van der Waals surface area contributed by atoms with Crippen molar-refractivity contribution in [3.63, 3.8) is 0 Å². The van der Waals surface area contributed by atoms with Crippen molar-refractivity contribution in [2.24, 2.45) is 9.98 Å². The summed E-state index contributed by atoms with van der Waals surface area (Å²) in [6, 6.07) is 8.97. The molecule has 0 saturated carbocycles. The number of nitrogens with one attached hydrogen (secondary N) is 1. The lowest BCUT2D eigenvalue weighted by atomic mass is 10.0. The van der Waals surface area contributed by atoms with Crippen LogP contribution in [0.25, 0.3) is 5.57 Å². The van der Waals surface area contributed by atoms with Gasteiger partial charge in [-0.3, -0.25) is 9.98 Å². The SMILES string of the molecule is CCCCCCc1ccc(C2=CC(=NC(C)(C)C)NC2=NC(C)(C)C)cc1. The molecule has 1 aliphatic heterocycles. The van der Waals surface area contributed by atoms with Crippen LogP contribution in [0.15, 0.2) is 40.3 Å². The van der Waals surface area contributed by atoms with Crippen LogP contribution in [0, 0.1) is 0 Å². The summed E-state index contributed by atoms with van der Waals surface area (Å²) in [5.74, 6) is 1.81. The summed E-state index contributed by atoms with van der Waals surface area (Å²) in [6.07, 6.45) is 8.51.